The first-order valence-corrected chi connectivity index (χ1v) is 7.06. The molecule has 1 N–H and O–H groups in total. The zero-order valence-corrected chi connectivity index (χ0v) is 12.0. The highest BCUT2D eigenvalue weighted by Crippen LogP contribution is 2.20. The van der Waals surface area contributed by atoms with Crippen molar-refractivity contribution in [2.24, 2.45) is 0 Å². The molecule has 0 aliphatic rings. The lowest BCUT2D eigenvalue weighted by Crippen LogP contribution is -2.15. The minimum Gasteiger partial charge on any atom is -0.486 e. The van der Waals surface area contributed by atoms with Crippen LogP contribution < -0.4 is 10.1 Å². The minimum atomic E-state index is -0.557. The third-order valence-corrected chi connectivity index (χ3v) is 3.14. The fourth-order valence-corrected chi connectivity index (χ4v) is 2.01. The van der Waals surface area contributed by atoms with Crippen molar-refractivity contribution in [3.63, 3.8) is 0 Å². The second kappa shape index (κ2) is 7.74. The van der Waals surface area contributed by atoms with Gasteiger partial charge in [0.1, 0.15) is 12.4 Å². The highest BCUT2D eigenvalue weighted by molar-refractivity contribution is 5.29. The summed E-state index contributed by atoms with van der Waals surface area (Å²) in [5.41, 5.74) is 2.06. The Bertz CT molecular complexity index is 587. The van der Waals surface area contributed by atoms with Gasteiger partial charge in [0.25, 0.3) is 0 Å². The fraction of sp³-hybridized carbons (Fsp3) is 0.294. The molecule has 2 rings (SSSR count). The Morgan fingerprint density at radius 3 is 2.57 bits per heavy atom. The lowest BCUT2D eigenvalue weighted by molar-refractivity contribution is 0.287. The summed E-state index contributed by atoms with van der Waals surface area (Å²) in [5.74, 6) is -1.13. The van der Waals surface area contributed by atoms with Crippen LogP contribution in [-0.2, 0) is 13.2 Å². The predicted octanol–water partition coefficient (Wildman–Crippen LogP) is 4.04. The van der Waals surface area contributed by atoms with E-state index in [0.29, 0.717) is 0 Å². The van der Waals surface area contributed by atoms with Crippen LogP contribution in [0.3, 0.4) is 0 Å². The molecular formula is C17H19F2NO. The van der Waals surface area contributed by atoms with Gasteiger partial charge in [0.15, 0.2) is 11.6 Å². The van der Waals surface area contributed by atoms with Crippen molar-refractivity contribution in [3.8, 4) is 5.75 Å². The van der Waals surface area contributed by atoms with Crippen LogP contribution in [-0.4, -0.2) is 6.54 Å². The first-order valence-electron chi connectivity index (χ1n) is 7.06. The maximum Gasteiger partial charge on any atom is 0.165 e. The van der Waals surface area contributed by atoms with Crippen LogP contribution in [0.15, 0.2) is 42.5 Å². The summed E-state index contributed by atoms with van der Waals surface area (Å²) in [4.78, 5) is 0. The molecule has 0 atom stereocenters. The number of hydrogen-bond acceptors (Lipinski definition) is 2. The van der Waals surface area contributed by atoms with Crippen molar-refractivity contribution in [1.82, 2.24) is 5.32 Å². The van der Waals surface area contributed by atoms with E-state index in [-0.39, 0.29) is 12.4 Å². The van der Waals surface area contributed by atoms with Gasteiger partial charge in [0.2, 0.25) is 0 Å². The number of halogens is 2. The molecule has 0 aliphatic heterocycles. The van der Waals surface area contributed by atoms with Crippen molar-refractivity contribution in [2.75, 3.05) is 6.54 Å². The molecule has 0 unspecified atom stereocenters. The third kappa shape index (κ3) is 4.53. The van der Waals surface area contributed by atoms with Gasteiger partial charge in [-0.3, -0.25) is 0 Å². The monoisotopic (exact) mass is 291 g/mol. The summed E-state index contributed by atoms with van der Waals surface area (Å²) >= 11 is 0. The van der Waals surface area contributed by atoms with Gasteiger partial charge < -0.3 is 10.1 Å². The lowest BCUT2D eigenvalue weighted by atomic mass is 10.1. The van der Waals surface area contributed by atoms with E-state index in [9.17, 15) is 8.78 Å². The molecule has 0 radical (unpaired) electrons. The summed E-state index contributed by atoms with van der Waals surface area (Å²) in [6.45, 7) is 3.99. The van der Waals surface area contributed by atoms with Gasteiger partial charge in [-0.25, -0.2) is 8.78 Å². The molecule has 0 saturated heterocycles. The number of hydrogen-bond donors (Lipinski definition) is 1. The number of nitrogens with one attached hydrogen (secondary N) is 1. The van der Waals surface area contributed by atoms with E-state index in [1.807, 2.05) is 24.3 Å². The minimum absolute atomic E-state index is 0.0636. The van der Waals surface area contributed by atoms with Gasteiger partial charge >= 0.3 is 0 Å². The maximum absolute atomic E-state index is 13.5. The quantitative estimate of drug-likeness (QED) is 0.777. The molecule has 0 bridgehead atoms. The van der Waals surface area contributed by atoms with Crippen LogP contribution in [0.4, 0.5) is 8.78 Å². The standard InChI is InChI=1S/C17H19F2NO/c1-2-9-20-11-13-5-3-4-6-14(13)12-21-17-10-15(18)7-8-16(17)19/h3-8,10,20H,2,9,11-12H2,1H3. The fourth-order valence-electron chi connectivity index (χ4n) is 2.01. The van der Waals surface area contributed by atoms with E-state index in [4.69, 9.17) is 4.74 Å². The Kier molecular flexibility index (Phi) is 5.69. The van der Waals surface area contributed by atoms with Crippen molar-refractivity contribution in [3.05, 3.63) is 65.2 Å². The van der Waals surface area contributed by atoms with Crippen LogP contribution in [0.1, 0.15) is 24.5 Å². The van der Waals surface area contributed by atoms with Gasteiger partial charge in [-0.05, 0) is 36.2 Å². The topological polar surface area (TPSA) is 21.3 Å². The molecule has 0 fully saturated rings. The van der Waals surface area contributed by atoms with Crippen LogP contribution in [0.25, 0.3) is 0 Å². The highest BCUT2D eigenvalue weighted by atomic mass is 19.1. The van der Waals surface area contributed by atoms with Crippen LogP contribution in [0, 0.1) is 11.6 Å². The summed E-state index contributed by atoms with van der Waals surface area (Å²) in [6, 6.07) is 11.0. The zero-order valence-electron chi connectivity index (χ0n) is 12.0. The van der Waals surface area contributed by atoms with Crippen LogP contribution in [0.5, 0.6) is 5.75 Å². The SMILES string of the molecule is CCCNCc1ccccc1COc1cc(F)ccc1F. The van der Waals surface area contributed by atoms with E-state index in [1.165, 1.54) is 0 Å². The smallest absolute Gasteiger partial charge is 0.165 e. The molecule has 0 heterocycles. The average molecular weight is 291 g/mol. The van der Waals surface area contributed by atoms with E-state index in [2.05, 4.69) is 12.2 Å². The Morgan fingerprint density at radius 1 is 1.05 bits per heavy atom. The first-order chi connectivity index (χ1) is 10.2. The van der Waals surface area contributed by atoms with E-state index in [1.54, 1.807) is 0 Å². The second-order valence-electron chi connectivity index (χ2n) is 4.81. The zero-order chi connectivity index (χ0) is 15.1. The van der Waals surface area contributed by atoms with Gasteiger partial charge in [0.05, 0.1) is 0 Å². The van der Waals surface area contributed by atoms with Gasteiger partial charge in [0, 0.05) is 12.6 Å². The molecule has 0 amide bonds. The van der Waals surface area contributed by atoms with Crippen molar-refractivity contribution in [2.45, 2.75) is 26.5 Å². The molecule has 21 heavy (non-hydrogen) atoms. The normalized spacial score (nSPS) is 10.6. The largest absolute Gasteiger partial charge is 0.486 e. The number of rotatable bonds is 7. The Morgan fingerprint density at radius 2 is 1.81 bits per heavy atom. The van der Waals surface area contributed by atoms with E-state index >= 15 is 0 Å². The molecule has 2 nitrogen and oxygen atoms in total. The molecule has 2 aromatic rings. The summed E-state index contributed by atoms with van der Waals surface area (Å²) in [7, 11) is 0. The maximum atomic E-state index is 13.5. The Labute approximate surface area is 123 Å². The van der Waals surface area contributed by atoms with E-state index < -0.39 is 11.6 Å². The van der Waals surface area contributed by atoms with Gasteiger partial charge in [-0.1, -0.05) is 31.2 Å². The molecule has 0 saturated carbocycles. The highest BCUT2D eigenvalue weighted by Gasteiger charge is 2.07. The molecule has 0 aromatic heterocycles. The predicted molar refractivity (Wildman–Crippen MR) is 79.1 cm³/mol. The average Bonchev–Trinajstić information content (AvgIpc) is 2.49. The molecule has 0 aliphatic carbocycles. The Balaban J connectivity index is 2.04. The van der Waals surface area contributed by atoms with Crippen LogP contribution in [0.2, 0.25) is 0 Å². The second-order valence-corrected chi connectivity index (χ2v) is 4.81. The summed E-state index contributed by atoms with van der Waals surface area (Å²) < 4.78 is 32.0. The van der Waals surface area contributed by atoms with Gasteiger partial charge in [-0.15, -0.1) is 0 Å². The molecule has 4 heteroatoms. The number of benzene rings is 2. The first kappa shape index (κ1) is 15.4. The van der Waals surface area contributed by atoms with Crippen LogP contribution >= 0.6 is 0 Å². The van der Waals surface area contributed by atoms with Gasteiger partial charge in [-0.2, -0.15) is 0 Å². The lowest BCUT2D eigenvalue weighted by Gasteiger charge is -2.12. The molecule has 2 aromatic carbocycles. The third-order valence-electron chi connectivity index (χ3n) is 3.14. The molecule has 0 spiro atoms. The number of ether oxygens (including phenoxy) is 1. The Hall–Kier alpha value is -1.94. The summed E-state index contributed by atoms with van der Waals surface area (Å²) in [6.07, 6.45) is 1.06. The van der Waals surface area contributed by atoms with Crippen molar-refractivity contribution >= 4 is 0 Å². The summed E-state index contributed by atoms with van der Waals surface area (Å²) in [5, 5.41) is 3.32. The molecular weight excluding hydrogens is 272 g/mol. The van der Waals surface area contributed by atoms with E-state index in [0.717, 1.165) is 48.8 Å². The molecule has 112 valence electrons. The van der Waals surface area contributed by atoms with Crippen molar-refractivity contribution < 1.29 is 13.5 Å². The van der Waals surface area contributed by atoms with Crippen molar-refractivity contribution in [1.29, 1.82) is 0 Å².